The van der Waals surface area contributed by atoms with E-state index in [4.69, 9.17) is 11.6 Å². The van der Waals surface area contributed by atoms with Gasteiger partial charge >= 0.3 is 0 Å². The average molecular weight is 214 g/mol. The normalized spacial score (nSPS) is 25.1. The third kappa shape index (κ3) is 2.25. The third-order valence-corrected chi connectivity index (χ3v) is 2.95. The van der Waals surface area contributed by atoms with Gasteiger partial charge in [0.2, 0.25) is 0 Å². The van der Waals surface area contributed by atoms with Crippen LogP contribution in [0.15, 0.2) is 18.2 Å². The fourth-order valence-electron chi connectivity index (χ4n) is 1.51. The molecule has 0 spiro atoms. The molecule has 1 saturated carbocycles. The molecule has 0 amide bonds. The summed E-state index contributed by atoms with van der Waals surface area (Å²) in [6.45, 7) is 2.99. The van der Waals surface area contributed by atoms with Gasteiger partial charge in [-0.1, -0.05) is 24.6 Å². The SMILES string of the molecule is C[C@@H]1C[C@H]1NCc1ccc(F)c(Cl)c1. The number of hydrogen-bond donors (Lipinski definition) is 1. The molecular formula is C11H13ClFN. The largest absolute Gasteiger partial charge is 0.310 e. The lowest BCUT2D eigenvalue weighted by atomic mass is 10.2. The molecule has 0 radical (unpaired) electrons. The topological polar surface area (TPSA) is 12.0 Å². The summed E-state index contributed by atoms with van der Waals surface area (Å²) >= 11 is 5.67. The maximum atomic E-state index is 12.8. The molecule has 1 N–H and O–H groups in total. The van der Waals surface area contributed by atoms with Crippen LogP contribution in [0.2, 0.25) is 5.02 Å². The average Bonchev–Trinajstić information content (AvgIpc) is 2.85. The van der Waals surface area contributed by atoms with Crippen molar-refractivity contribution in [2.45, 2.75) is 25.9 Å². The number of nitrogens with one attached hydrogen (secondary N) is 1. The van der Waals surface area contributed by atoms with E-state index in [0.717, 1.165) is 18.0 Å². The van der Waals surface area contributed by atoms with Crippen molar-refractivity contribution in [2.24, 2.45) is 5.92 Å². The lowest BCUT2D eigenvalue weighted by Gasteiger charge is -2.04. The number of halogens is 2. The molecule has 0 aromatic heterocycles. The Morgan fingerprint density at radius 2 is 2.29 bits per heavy atom. The molecule has 0 aliphatic heterocycles. The Morgan fingerprint density at radius 3 is 2.86 bits per heavy atom. The van der Waals surface area contributed by atoms with E-state index in [2.05, 4.69) is 12.2 Å². The molecule has 3 heteroatoms. The second-order valence-electron chi connectivity index (χ2n) is 3.95. The maximum Gasteiger partial charge on any atom is 0.141 e. The first kappa shape index (κ1) is 9.94. The molecule has 0 bridgehead atoms. The standard InChI is InChI=1S/C11H13ClFN/c1-7-4-11(7)14-6-8-2-3-10(13)9(12)5-8/h2-3,5,7,11,14H,4,6H2,1H3/t7-,11-/m1/s1. The van der Waals surface area contributed by atoms with E-state index in [1.807, 2.05) is 0 Å². The van der Waals surface area contributed by atoms with E-state index in [1.54, 1.807) is 12.1 Å². The fourth-order valence-corrected chi connectivity index (χ4v) is 1.71. The van der Waals surface area contributed by atoms with Gasteiger partial charge in [-0.25, -0.2) is 4.39 Å². The van der Waals surface area contributed by atoms with Gasteiger partial charge in [-0.15, -0.1) is 0 Å². The van der Waals surface area contributed by atoms with Gasteiger partial charge in [-0.05, 0) is 30.0 Å². The van der Waals surface area contributed by atoms with E-state index in [9.17, 15) is 4.39 Å². The molecule has 1 nitrogen and oxygen atoms in total. The van der Waals surface area contributed by atoms with Gasteiger partial charge < -0.3 is 5.32 Å². The molecule has 1 aromatic carbocycles. The van der Waals surface area contributed by atoms with E-state index in [-0.39, 0.29) is 10.8 Å². The molecule has 1 fully saturated rings. The Kier molecular flexibility index (Phi) is 2.75. The molecule has 2 rings (SSSR count). The molecule has 0 saturated heterocycles. The molecule has 1 aliphatic rings. The summed E-state index contributed by atoms with van der Waals surface area (Å²) in [4.78, 5) is 0. The van der Waals surface area contributed by atoms with Gasteiger partial charge in [0.25, 0.3) is 0 Å². The second kappa shape index (κ2) is 3.87. The second-order valence-corrected chi connectivity index (χ2v) is 4.36. The quantitative estimate of drug-likeness (QED) is 0.814. The van der Waals surface area contributed by atoms with Crippen LogP contribution in [0.3, 0.4) is 0 Å². The lowest BCUT2D eigenvalue weighted by molar-refractivity contribution is 0.623. The van der Waals surface area contributed by atoms with E-state index >= 15 is 0 Å². The zero-order valence-electron chi connectivity index (χ0n) is 8.06. The summed E-state index contributed by atoms with van der Waals surface area (Å²) in [5.41, 5.74) is 1.04. The van der Waals surface area contributed by atoms with Crippen molar-refractivity contribution >= 4 is 11.6 Å². The van der Waals surface area contributed by atoms with Crippen LogP contribution in [0.25, 0.3) is 0 Å². The van der Waals surface area contributed by atoms with Crippen LogP contribution in [0.5, 0.6) is 0 Å². The highest BCUT2D eigenvalue weighted by Gasteiger charge is 2.31. The first-order chi connectivity index (χ1) is 6.66. The highest BCUT2D eigenvalue weighted by molar-refractivity contribution is 6.30. The molecule has 0 heterocycles. The number of rotatable bonds is 3. The predicted octanol–water partition coefficient (Wildman–Crippen LogP) is 2.98. The Balaban J connectivity index is 1.92. The predicted molar refractivity (Wildman–Crippen MR) is 55.8 cm³/mol. The van der Waals surface area contributed by atoms with Gasteiger partial charge in [0, 0.05) is 12.6 Å². The van der Waals surface area contributed by atoms with Crippen molar-refractivity contribution < 1.29 is 4.39 Å². The fraction of sp³-hybridized carbons (Fsp3) is 0.455. The van der Waals surface area contributed by atoms with Crippen molar-refractivity contribution in [1.29, 1.82) is 0 Å². The zero-order chi connectivity index (χ0) is 10.1. The lowest BCUT2D eigenvalue weighted by Crippen LogP contribution is -2.16. The van der Waals surface area contributed by atoms with Crippen LogP contribution < -0.4 is 5.32 Å². The van der Waals surface area contributed by atoms with Gasteiger partial charge in [0.15, 0.2) is 0 Å². The van der Waals surface area contributed by atoms with Crippen LogP contribution >= 0.6 is 11.6 Å². The zero-order valence-corrected chi connectivity index (χ0v) is 8.81. The van der Waals surface area contributed by atoms with Crippen LogP contribution in [-0.4, -0.2) is 6.04 Å². The van der Waals surface area contributed by atoms with E-state index < -0.39 is 0 Å². The van der Waals surface area contributed by atoms with Crippen molar-refractivity contribution in [3.05, 3.63) is 34.6 Å². The minimum atomic E-state index is -0.352. The molecule has 14 heavy (non-hydrogen) atoms. The first-order valence-electron chi connectivity index (χ1n) is 4.84. The summed E-state index contributed by atoms with van der Waals surface area (Å²) in [5, 5.41) is 3.59. The molecule has 2 atom stereocenters. The van der Waals surface area contributed by atoms with E-state index in [0.29, 0.717) is 6.04 Å². The Bertz CT molecular complexity index is 340. The summed E-state index contributed by atoms with van der Waals surface area (Å²) in [5.74, 6) is 0.432. The highest BCUT2D eigenvalue weighted by atomic mass is 35.5. The molecule has 1 aliphatic carbocycles. The third-order valence-electron chi connectivity index (χ3n) is 2.66. The molecule has 0 unspecified atom stereocenters. The Labute approximate surface area is 88.3 Å². The van der Waals surface area contributed by atoms with Crippen LogP contribution in [0.4, 0.5) is 4.39 Å². The van der Waals surface area contributed by atoms with Crippen molar-refractivity contribution in [1.82, 2.24) is 5.32 Å². The molecular weight excluding hydrogens is 201 g/mol. The van der Waals surface area contributed by atoms with Crippen LogP contribution in [0.1, 0.15) is 18.9 Å². The molecule has 1 aromatic rings. The van der Waals surface area contributed by atoms with Crippen molar-refractivity contribution in [3.8, 4) is 0 Å². The van der Waals surface area contributed by atoms with E-state index in [1.165, 1.54) is 12.5 Å². The van der Waals surface area contributed by atoms with Gasteiger partial charge in [0.05, 0.1) is 5.02 Å². The van der Waals surface area contributed by atoms with Gasteiger partial charge in [0.1, 0.15) is 5.82 Å². The van der Waals surface area contributed by atoms with Gasteiger partial charge in [-0.3, -0.25) is 0 Å². The maximum absolute atomic E-state index is 12.8. The molecule has 76 valence electrons. The van der Waals surface area contributed by atoms with Crippen LogP contribution in [-0.2, 0) is 6.54 Å². The van der Waals surface area contributed by atoms with Crippen molar-refractivity contribution in [3.63, 3.8) is 0 Å². The minimum Gasteiger partial charge on any atom is -0.310 e. The van der Waals surface area contributed by atoms with Crippen molar-refractivity contribution in [2.75, 3.05) is 0 Å². The summed E-state index contributed by atoms with van der Waals surface area (Å²) in [6.07, 6.45) is 1.24. The van der Waals surface area contributed by atoms with Gasteiger partial charge in [-0.2, -0.15) is 0 Å². The monoisotopic (exact) mass is 213 g/mol. The number of benzene rings is 1. The minimum absolute atomic E-state index is 0.202. The highest BCUT2D eigenvalue weighted by Crippen LogP contribution is 2.29. The summed E-state index contributed by atoms with van der Waals surface area (Å²) in [6, 6.07) is 5.49. The Morgan fingerprint density at radius 1 is 1.57 bits per heavy atom. The number of hydrogen-bond acceptors (Lipinski definition) is 1. The smallest absolute Gasteiger partial charge is 0.141 e. The summed E-state index contributed by atoms with van der Waals surface area (Å²) < 4.78 is 12.8. The van der Waals surface area contributed by atoms with Crippen LogP contribution in [0, 0.1) is 11.7 Å². The summed E-state index contributed by atoms with van der Waals surface area (Å²) in [7, 11) is 0. The Hall–Kier alpha value is -0.600. The first-order valence-corrected chi connectivity index (χ1v) is 5.22.